The second-order valence-corrected chi connectivity index (χ2v) is 4.13. The summed E-state index contributed by atoms with van der Waals surface area (Å²) in [7, 11) is 0. The first kappa shape index (κ1) is 13.9. The van der Waals surface area contributed by atoms with Crippen LogP contribution in [0.25, 0.3) is 0 Å². The van der Waals surface area contributed by atoms with E-state index in [1.54, 1.807) is 0 Å². The van der Waals surface area contributed by atoms with Gasteiger partial charge in [0.05, 0.1) is 4.92 Å². The third-order valence-corrected chi connectivity index (χ3v) is 2.60. The van der Waals surface area contributed by atoms with Crippen LogP contribution >= 0.6 is 11.6 Å². The summed E-state index contributed by atoms with van der Waals surface area (Å²) in [5, 5.41) is 13.0. The van der Waals surface area contributed by atoms with Gasteiger partial charge in [0, 0.05) is 29.6 Å². The lowest BCUT2D eigenvalue weighted by Gasteiger charge is -2.05. The van der Waals surface area contributed by atoms with Crippen molar-refractivity contribution in [3.05, 3.63) is 63.2 Å². The molecule has 2 aromatic rings. The van der Waals surface area contributed by atoms with Gasteiger partial charge in [0.1, 0.15) is 5.15 Å². The number of halogens is 2. The van der Waals surface area contributed by atoms with Crippen molar-refractivity contribution in [2.75, 3.05) is 5.32 Å². The third kappa shape index (κ3) is 3.07. The molecule has 0 bridgehead atoms. The number of carbonyl (C=O) groups excluding carboxylic acids is 1. The molecule has 6 nitrogen and oxygen atoms in total. The Morgan fingerprint density at radius 2 is 2.10 bits per heavy atom. The summed E-state index contributed by atoms with van der Waals surface area (Å²) < 4.78 is 13.4. The number of amides is 1. The molecule has 0 spiro atoms. The largest absolute Gasteiger partial charge is 0.322 e. The molecule has 102 valence electrons. The zero-order valence-electron chi connectivity index (χ0n) is 9.84. The molecule has 20 heavy (non-hydrogen) atoms. The number of carbonyl (C=O) groups is 1. The summed E-state index contributed by atoms with van der Waals surface area (Å²) >= 11 is 5.65. The molecule has 0 aliphatic rings. The molecule has 1 aromatic heterocycles. The van der Waals surface area contributed by atoms with Crippen LogP contribution in [0.5, 0.6) is 0 Å². The number of benzene rings is 1. The molecule has 1 amide bonds. The van der Waals surface area contributed by atoms with E-state index < -0.39 is 22.3 Å². The first-order chi connectivity index (χ1) is 9.47. The average molecular weight is 296 g/mol. The van der Waals surface area contributed by atoms with E-state index in [2.05, 4.69) is 10.3 Å². The predicted molar refractivity (Wildman–Crippen MR) is 70.3 cm³/mol. The SMILES string of the molecule is O=C(Nc1ccc([N+](=O)[O-])c(F)c1)c1ccnc(Cl)c1. The van der Waals surface area contributed by atoms with Gasteiger partial charge in [-0.2, -0.15) is 4.39 Å². The molecular formula is C12H7ClFN3O3. The number of aromatic nitrogens is 1. The molecule has 2 rings (SSSR count). The van der Waals surface area contributed by atoms with E-state index in [9.17, 15) is 19.3 Å². The van der Waals surface area contributed by atoms with Gasteiger partial charge in [0.15, 0.2) is 0 Å². The number of nitro benzene ring substituents is 1. The summed E-state index contributed by atoms with van der Waals surface area (Å²) in [5.74, 6) is -1.55. The lowest BCUT2D eigenvalue weighted by atomic mass is 10.2. The minimum Gasteiger partial charge on any atom is -0.322 e. The van der Waals surface area contributed by atoms with Crippen LogP contribution in [-0.4, -0.2) is 15.8 Å². The van der Waals surface area contributed by atoms with E-state index >= 15 is 0 Å². The van der Waals surface area contributed by atoms with Crippen molar-refractivity contribution < 1.29 is 14.1 Å². The van der Waals surface area contributed by atoms with Crippen molar-refractivity contribution >= 4 is 28.9 Å². The van der Waals surface area contributed by atoms with Crippen molar-refractivity contribution in [2.24, 2.45) is 0 Å². The third-order valence-electron chi connectivity index (χ3n) is 2.39. The summed E-state index contributed by atoms with van der Waals surface area (Å²) in [6, 6.07) is 5.87. The van der Waals surface area contributed by atoms with Crippen molar-refractivity contribution in [3.8, 4) is 0 Å². The van der Waals surface area contributed by atoms with Gasteiger partial charge in [0.2, 0.25) is 5.82 Å². The van der Waals surface area contributed by atoms with Crippen LogP contribution in [-0.2, 0) is 0 Å². The van der Waals surface area contributed by atoms with E-state index in [0.717, 1.165) is 12.1 Å². The van der Waals surface area contributed by atoms with E-state index in [-0.39, 0.29) is 16.4 Å². The fraction of sp³-hybridized carbons (Fsp3) is 0. The number of anilines is 1. The summed E-state index contributed by atoms with van der Waals surface area (Å²) in [6.07, 6.45) is 1.35. The zero-order chi connectivity index (χ0) is 14.7. The van der Waals surface area contributed by atoms with Crippen molar-refractivity contribution in [1.29, 1.82) is 0 Å². The molecule has 0 saturated heterocycles. The summed E-state index contributed by atoms with van der Waals surface area (Å²) in [4.78, 5) is 25.2. The van der Waals surface area contributed by atoms with Crippen LogP contribution in [0.15, 0.2) is 36.5 Å². The minimum absolute atomic E-state index is 0.103. The summed E-state index contributed by atoms with van der Waals surface area (Å²) in [5.41, 5.74) is -0.315. The number of nitrogens with zero attached hydrogens (tertiary/aromatic N) is 2. The molecule has 0 aliphatic heterocycles. The highest BCUT2D eigenvalue weighted by Gasteiger charge is 2.15. The Balaban J connectivity index is 2.20. The highest BCUT2D eigenvalue weighted by Crippen LogP contribution is 2.21. The number of rotatable bonds is 3. The maximum Gasteiger partial charge on any atom is 0.304 e. The van der Waals surface area contributed by atoms with Crippen LogP contribution in [0, 0.1) is 15.9 Å². The van der Waals surface area contributed by atoms with Crippen molar-refractivity contribution in [2.45, 2.75) is 0 Å². The van der Waals surface area contributed by atoms with Gasteiger partial charge in [-0.05, 0) is 18.2 Å². The van der Waals surface area contributed by atoms with E-state index in [4.69, 9.17) is 11.6 Å². The smallest absolute Gasteiger partial charge is 0.304 e. The first-order valence-electron chi connectivity index (χ1n) is 5.34. The molecule has 1 heterocycles. The highest BCUT2D eigenvalue weighted by molar-refractivity contribution is 6.29. The Kier molecular flexibility index (Phi) is 3.90. The predicted octanol–water partition coefficient (Wildman–Crippen LogP) is 3.03. The van der Waals surface area contributed by atoms with E-state index in [0.29, 0.717) is 0 Å². The normalized spacial score (nSPS) is 10.1. The Bertz CT molecular complexity index is 693. The topological polar surface area (TPSA) is 85.1 Å². The maximum absolute atomic E-state index is 13.4. The second kappa shape index (κ2) is 5.62. The fourth-order valence-corrected chi connectivity index (χ4v) is 1.65. The monoisotopic (exact) mass is 295 g/mol. The van der Waals surface area contributed by atoms with Gasteiger partial charge in [-0.3, -0.25) is 14.9 Å². The number of nitrogens with one attached hydrogen (secondary N) is 1. The maximum atomic E-state index is 13.4. The number of hydrogen-bond acceptors (Lipinski definition) is 4. The molecule has 1 N–H and O–H groups in total. The van der Waals surface area contributed by atoms with Gasteiger partial charge >= 0.3 is 5.69 Å². The van der Waals surface area contributed by atoms with E-state index in [1.165, 1.54) is 24.4 Å². The standard InChI is InChI=1S/C12H7ClFN3O3/c13-11-5-7(3-4-15-11)12(18)16-8-1-2-10(17(19)20)9(14)6-8/h1-6H,(H,16,18). The van der Waals surface area contributed by atoms with Gasteiger partial charge < -0.3 is 5.32 Å². The van der Waals surface area contributed by atoms with Crippen LogP contribution < -0.4 is 5.32 Å². The van der Waals surface area contributed by atoms with Crippen LogP contribution in [0.1, 0.15) is 10.4 Å². The highest BCUT2D eigenvalue weighted by atomic mass is 35.5. The van der Waals surface area contributed by atoms with Crippen molar-refractivity contribution in [1.82, 2.24) is 4.98 Å². The lowest BCUT2D eigenvalue weighted by molar-refractivity contribution is -0.387. The Hall–Kier alpha value is -2.54. The number of hydrogen-bond donors (Lipinski definition) is 1. The Morgan fingerprint density at radius 1 is 1.35 bits per heavy atom. The molecule has 0 fully saturated rings. The molecule has 8 heteroatoms. The Labute approximate surface area is 117 Å². The van der Waals surface area contributed by atoms with Crippen LogP contribution in [0.4, 0.5) is 15.8 Å². The molecule has 0 saturated carbocycles. The van der Waals surface area contributed by atoms with Gasteiger partial charge in [-0.15, -0.1) is 0 Å². The lowest BCUT2D eigenvalue weighted by Crippen LogP contribution is -2.12. The molecule has 1 aromatic carbocycles. The second-order valence-electron chi connectivity index (χ2n) is 3.74. The van der Waals surface area contributed by atoms with Crippen molar-refractivity contribution in [3.63, 3.8) is 0 Å². The summed E-state index contributed by atoms with van der Waals surface area (Å²) in [6.45, 7) is 0. The minimum atomic E-state index is -1.03. The van der Waals surface area contributed by atoms with Gasteiger partial charge in [-0.1, -0.05) is 11.6 Å². The molecule has 0 aliphatic carbocycles. The van der Waals surface area contributed by atoms with Crippen LogP contribution in [0.3, 0.4) is 0 Å². The molecule has 0 atom stereocenters. The first-order valence-corrected chi connectivity index (χ1v) is 5.72. The molecule has 0 unspecified atom stereocenters. The average Bonchev–Trinajstić information content (AvgIpc) is 2.38. The number of pyridine rings is 1. The number of nitro groups is 1. The van der Waals surface area contributed by atoms with E-state index in [1.807, 2.05) is 0 Å². The molecular weight excluding hydrogens is 289 g/mol. The quantitative estimate of drug-likeness (QED) is 0.536. The van der Waals surface area contributed by atoms with Gasteiger partial charge in [-0.25, -0.2) is 4.98 Å². The zero-order valence-corrected chi connectivity index (χ0v) is 10.6. The molecule has 0 radical (unpaired) electrons. The van der Waals surface area contributed by atoms with Crippen LogP contribution in [0.2, 0.25) is 5.15 Å². The van der Waals surface area contributed by atoms with Gasteiger partial charge in [0.25, 0.3) is 5.91 Å². The Morgan fingerprint density at radius 3 is 2.70 bits per heavy atom. The fourth-order valence-electron chi connectivity index (χ4n) is 1.48.